The van der Waals surface area contributed by atoms with Crippen LogP contribution in [0.15, 0.2) is 61.2 Å². The Morgan fingerprint density at radius 3 is 2.66 bits per heavy atom. The number of hydrogen-bond acceptors (Lipinski definition) is 5. The van der Waals surface area contributed by atoms with Crippen molar-refractivity contribution in [2.75, 3.05) is 26.7 Å². The van der Waals surface area contributed by atoms with Crippen molar-refractivity contribution in [2.45, 2.75) is 6.04 Å². The molecule has 2 aliphatic rings. The Labute approximate surface area is 169 Å². The summed E-state index contributed by atoms with van der Waals surface area (Å²) in [5.74, 6) is 1.79. The van der Waals surface area contributed by atoms with Gasteiger partial charge in [0.2, 0.25) is 0 Å². The van der Waals surface area contributed by atoms with Crippen LogP contribution in [0.5, 0.6) is 5.75 Å². The lowest BCUT2D eigenvalue weighted by molar-refractivity contribution is 0.0714. The van der Waals surface area contributed by atoms with E-state index in [9.17, 15) is 4.79 Å². The second kappa shape index (κ2) is 7.33. The molecule has 3 aromatic rings. The molecular weight excluding hydrogens is 366 g/mol. The molecule has 0 saturated carbocycles. The summed E-state index contributed by atoms with van der Waals surface area (Å²) in [6.45, 7) is 2.66. The number of carbonyl (C=O) groups excluding carboxylic acids is 1. The topological polar surface area (TPSA) is 72.3 Å². The van der Waals surface area contributed by atoms with Crippen LogP contribution in [-0.4, -0.2) is 52.3 Å². The van der Waals surface area contributed by atoms with Gasteiger partial charge in [-0.05, 0) is 41.8 Å². The van der Waals surface area contributed by atoms with Gasteiger partial charge in [0.15, 0.2) is 0 Å². The van der Waals surface area contributed by atoms with Gasteiger partial charge in [-0.15, -0.1) is 10.2 Å². The number of likely N-dealkylation sites (tertiary alicyclic amines) is 1. The zero-order chi connectivity index (χ0) is 19.8. The first-order chi connectivity index (χ1) is 14.2. The highest BCUT2D eigenvalue weighted by atomic mass is 16.5. The first-order valence-electron chi connectivity index (χ1n) is 9.85. The minimum absolute atomic E-state index is 0.0620. The minimum Gasteiger partial charge on any atom is -0.497 e. The van der Waals surface area contributed by atoms with E-state index in [1.807, 2.05) is 41.3 Å². The second-order valence-corrected chi connectivity index (χ2v) is 7.68. The number of hydrogen-bond donors (Lipinski definition) is 1. The predicted octanol–water partition coefficient (Wildman–Crippen LogP) is 2.31. The highest BCUT2D eigenvalue weighted by molar-refractivity contribution is 5.95. The highest BCUT2D eigenvalue weighted by Gasteiger charge is 2.46. The number of aromatic nitrogens is 3. The fraction of sp³-hybridized carbons (Fsp3) is 0.318. The lowest BCUT2D eigenvalue weighted by Gasteiger charge is -2.29. The molecule has 0 aliphatic carbocycles. The molecule has 0 spiro atoms. The molecule has 148 valence electrons. The average molecular weight is 389 g/mol. The molecule has 2 fully saturated rings. The highest BCUT2D eigenvalue weighted by Crippen LogP contribution is 2.43. The summed E-state index contributed by atoms with van der Waals surface area (Å²) < 4.78 is 7.11. The number of methoxy groups -OCH3 is 1. The van der Waals surface area contributed by atoms with E-state index in [4.69, 9.17) is 4.74 Å². The van der Waals surface area contributed by atoms with Gasteiger partial charge in [0.25, 0.3) is 5.91 Å². The number of amides is 1. The maximum atomic E-state index is 13.5. The van der Waals surface area contributed by atoms with Gasteiger partial charge in [-0.1, -0.05) is 18.2 Å². The summed E-state index contributed by atoms with van der Waals surface area (Å²) in [5.41, 5.74) is 2.72. The van der Waals surface area contributed by atoms with Crippen LogP contribution in [0.2, 0.25) is 0 Å². The predicted molar refractivity (Wildman–Crippen MR) is 108 cm³/mol. The van der Waals surface area contributed by atoms with E-state index < -0.39 is 0 Å². The van der Waals surface area contributed by atoms with Crippen LogP contribution in [0.3, 0.4) is 0 Å². The van der Waals surface area contributed by atoms with Gasteiger partial charge in [-0.3, -0.25) is 9.36 Å². The molecule has 1 aromatic heterocycles. The van der Waals surface area contributed by atoms with E-state index in [1.54, 1.807) is 24.3 Å². The molecule has 1 amide bonds. The van der Waals surface area contributed by atoms with Gasteiger partial charge in [0.1, 0.15) is 18.4 Å². The van der Waals surface area contributed by atoms with Crippen molar-refractivity contribution in [3.05, 3.63) is 72.3 Å². The van der Waals surface area contributed by atoms with Gasteiger partial charge in [0.05, 0.1) is 13.2 Å². The monoisotopic (exact) mass is 389 g/mol. The summed E-state index contributed by atoms with van der Waals surface area (Å²) in [7, 11) is 1.67. The molecule has 1 N–H and O–H groups in total. The molecule has 0 unspecified atom stereocenters. The first-order valence-corrected chi connectivity index (χ1v) is 9.85. The van der Waals surface area contributed by atoms with Gasteiger partial charge in [-0.25, -0.2) is 0 Å². The Kier molecular flexibility index (Phi) is 4.52. The lowest BCUT2D eigenvalue weighted by atomic mass is 9.89. The number of benzene rings is 2. The van der Waals surface area contributed by atoms with Crippen molar-refractivity contribution in [1.82, 2.24) is 25.0 Å². The van der Waals surface area contributed by atoms with E-state index in [-0.39, 0.29) is 11.9 Å². The fourth-order valence-electron chi connectivity index (χ4n) is 4.66. The number of fused-ring (bicyclic) bond motifs is 1. The number of carbonyl (C=O) groups is 1. The SMILES string of the molecule is COc1ccc([C@@H]2[C@H]3CNC[C@H]3CN2C(=O)c2cccc(-n3cnnc3)c2)cc1. The number of rotatable bonds is 4. The summed E-state index contributed by atoms with van der Waals surface area (Å²) in [6.07, 6.45) is 3.27. The molecule has 0 bridgehead atoms. The standard InChI is InChI=1S/C22H23N5O2/c1-29-19-7-5-15(6-8-19)21-20-11-23-10-17(20)12-27(21)22(28)16-3-2-4-18(9-16)26-13-24-25-14-26/h2-9,13-14,17,20-21,23H,10-12H2,1H3/t17-,20-,21+/m0/s1. The number of nitrogens with one attached hydrogen (secondary N) is 1. The minimum atomic E-state index is 0.0620. The number of ether oxygens (including phenoxy) is 1. The summed E-state index contributed by atoms with van der Waals surface area (Å²) in [5, 5.41) is 11.2. The van der Waals surface area contributed by atoms with Crippen molar-refractivity contribution >= 4 is 5.91 Å². The van der Waals surface area contributed by atoms with E-state index in [2.05, 4.69) is 27.6 Å². The van der Waals surface area contributed by atoms with Crippen molar-refractivity contribution in [2.24, 2.45) is 11.8 Å². The maximum Gasteiger partial charge on any atom is 0.254 e. The Hall–Kier alpha value is -3.19. The summed E-state index contributed by atoms with van der Waals surface area (Å²) >= 11 is 0. The van der Waals surface area contributed by atoms with Gasteiger partial charge < -0.3 is 15.0 Å². The van der Waals surface area contributed by atoms with Crippen molar-refractivity contribution in [1.29, 1.82) is 0 Å². The Balaban J connectivity index is 1.48. The third-order valence-electron chi connectivity index (χ3n) is 6.09. The van der Waals surface area contributed by atoms with Gasteiger partial charge >= 0.3 is 0 Å². The molecule has 2 saturated heterocycles. The van der Waals surface area contributed by atoms with Crippen molar-refractivity contribution < 1.29 is 9.53 Å². The molecule has 7 nitrogen and oxygen atoms in total. The molecular formula is C22H23N5O2. The molecule has 2 aliphatic heterocycles. The van der Waals surface area contributed by atoms with E-state index in [0.717, 1.165) is 36.6 Å². The van der Waals surface area contributed by atoms with E-state index in [1.165, 1.54) is 0 Å². The zero-order valence-corrected chi connectivity index (χ0v) is 16.2. The third-order valence-corrected chi connectivity index (χ3v) is 6.09. The molecule has 7 heteroatoms. The smallest absolute Gasteiger partial charge is 0.254 e. The molecule has 5 rings (SSSR count). The van der Waals surface area contributed by atoms with Crippen LogP contribution >= 0.6 is 0 Å². The summed E-state index contributed by atoms with van der Waals surface area (Å²) in [4.78, 5) is 15.6. The zero-order valence-electron chi connectivity index (χ0n) is 16.2. The molecule has 29 heavy (non-hydrogen) atoms. The van der Waals surface area contributed by atoms with Crippen LogP contribution in [0.1, 0.15) is 22.0 Å². The largest absolute Gasteiger partial charge is 0.497 e. The average Bonchev–Trinajstić information content (AvgIpc) is 3.50. The summed E-state index contributed by atoms with van der Waals surface area (Å²) in [6, 6.07) is 15.8. The van der Waals surface area contributed by atoms with Crippen LogP contribution in [0, 0.1) is 11.8 Å². The molecule has 3 atom stereocenters. The van der Waals surface area contributed by atoms with E-state index >= 15 is 0 Å². The van der Waals surface area contributed by atoms with Gasteiger partial charge in [-0.2, -0.15) is 0 Å². The van der Waals surface area contributed by atoms with Crippen molar-refractivity contribution in [3.8, 4) is 11.4 Å². The normalized spacial score (nSPS) is 23.2. The van der Waals surface area contributed by atoms with Crippen LogP contribution in [0.4, 0.5) is 0 Å². The fourth-order valence-corrected chi connectivity index (χ4v) is 4.66. The maximum absolute atomic E-state index is 13.5. The Morgan fingerprint density at radius 1 is 1.10 bits per heavy atom. The van der Waals surface area contributed by atoms with Crippen LogP contribution < -0.4 is 10.1 Å². The molecule has 2 aromatic carbocycles. The van der Waals surface area contributed by atoms with Gasteiger partial charge in [0, 0.05) is 36.8 Å². The molecule has 0 radical (unpaired) electrons. The molecule has 3 heterocycles. The lowest BCUT2D eigenvalue weighted by Crippen LogP contribution is -2.34. The first kappa shape index (κ1) is 17.9. The number of nitrogens with zero attached hydrogens (tertiary/aromatic N) is 4. The Morgan fingerprint density at radius 2 is 1.90 bits per heavy atom. The van der Waals surface area contributed by atoms with E-state index in [0.29, 0.717) is 17.4 Å². The Bertz CT molecular complexity index is 1000. The van der Waals surface area contributed by atoms with Crippen molar-refractivity contribution in [3.63, 3.8) is 0 Å². The van der Waals surface area contributed by atoms with Crippen LogP contribution in [0.25, 0.3) is 5.69 Å². The second-order valence-electron chi connectivity index (χ2n) is 7.68. The third kappa shape index (κ3) is 3.17. The quantitative estimate of drug-likeness (QED) is 0.741. The van der Waals surface area contributed by atoms with Crippen LogP contribution in [-0.2, 0) is 0 Å².